The molecule has 0 atom stereocenters. The Kier molecular flexibility index (Phi) is 2.73. The van der Waals surface area contributed by atoms with E-state index >= 15 is 0 Å². The Bertz CT molecular complexity index is 415. The smallest absolute Gasteiger partial charge is 0.205 e. The predicted octanol–water partition coefficient (Wildman–Crippen LogP) is 2.19. The Morgan fingerprint density at radius 1 is 1.40 bits per heavy atom. The molecule has 2 aromatic rings. The second kappa shape index (κ2) is 4.18. The van der Waals surface area contributed by atoms with E-state index in [4.69, 9.17) is 4.42 Å². The summed E-state index contributed by atoms with van der Waals surface area (Å²) in [6.45, 7) is 0. The van der Waals surface area contributed by atoms with Crippen LogP contribution < -0.4 is 0 Å². The number of rotatable bonds is 4. The summed E-state index contributed by atoms with van der Waals surface area (Å²) in [5, 5.41) is 0. The Morgan fingerprint density at radius 3 is 2.87 bits per heavy atom. The molecular formula is C10H7NO3S. The molecule has 0 amide bonds. The van der Waals surface area contributed by atoms with Crippen LogP contribution in [-0.2, 0) is 0 Å². The van der Waals surface area contributed by atoms with Crippen molar-refractivity contribution in [3.63, 3.8) is 0 Å². The van der Waals surface area contributed by atoms with Gasteiger partial charge in [0.05, 0.1) is 23.1 Å². The minimum absolute atomic E-state index is 0.171. The zero-order valence-corrected chi connectivity index (χ0v) is 8.49. The lowest BCUT2D eigenvalue weighted by molar-refractivity contribution is 0.0880. The second-order valence-electron chi connectivity index (χ2n) is 2.87. The van der Waals surface area contributed by atoms with Crippen LogP contribution in [0.1, 0.15) is 26.6 Å². The van der Waals surface area contributed by atoms with Gasteiger partial charge in [-0.25, -0.2) is 0 Å². The topological polar surface area (TPSA) is 60.2 Å². The van der Waals surface area contributed by atoms with E-state index in [2.05, 4.69) is 4.98 Å². The summed E-state index contributed by atoms with van der Waals surface area (Å²) in [7, 11) is 0. The molecule has 15 heavy (non-hydrogen) atoms. The third-order valence-corrected chi connectivity index (χ3v) is 2.64. The first-order valence-corrected chi connectivity index (χ1v) is 5.14. The minimum Gasteiger partial charge on any atom is -0.461 e. The van der Waals surface area contributed by atoms with E-state index in [1.807, 2.05) is 0 Å². The highest BCUT2D eigenvalue weighted by molar-refractivity contribution is 7.11. The minimum atomic E-state index is -0.307. The van der Waals surface area contributed by atoms with E-state index in [9.17, 15) is 9.59 Å². The molecule has 0 radical (unpaired) electrons. The molecule has 4 nitrogen and oxygen atoms in total. The van der Waals surface area contributed by atoms with Crippen LogP contribution in [0.3, 0.4) is 0 Å². The molecule has 0 aromatic carbocycles. The van der Waals surface area contributed by atoms with Crippen LogP contribution in [0.15, 0.2) is 34.5 Å². The van der Waals surface area contributed by atoms with Crippen molar-refractivity contribution in [3.05, 3.63) is 40.7 Å². The second-order valence-corrected chi connectivity index (χ2v) is 3.75. The highest BCUT2D eigenvalue weighted by atomic mass is 32.1. The van der Waals surface area contributed by atoms with Crippen LogP contribution in [0.25, 0.3) is 0 Å². The number of Topliss-reactive ketones (excluding diaryl/α,β-unsaturated/α-hetero) is 2. The lowest BCUT2D eigenvalue weighted by atomic mass is 10.1. The van der Waals surface area contributed by atoms with E-state index in [1.165, 1.54) is 23.8 Å². The van der Waals surface area contributed by atoms with Gasteiger partial charge in [0.1, 0.15) is 0 Å². The fraction of sp³-hybridized carbons (Fsp3) is 0.100. The quantitative estimate of drug-likeness (QED) is 0.586. The highest BCUT2D eigenvalue weighted by Crippen LogP contribution is 2.12. The molecule has 0 fully saturated rings. The molecule has 2 heterocycles. The van der Waals surface area contributed by atoms with Gasteiger partial charge in [0.25, 0.3) is 0 Å². The average molecular weight is 221 g/mol. The van der Waals surface area contributed by atoms with Crippen LogP contribution in [0.5, 0.6) is 0 Å². The number of carbonyl (C=O) groups is 2. The summed E-state index contributed by atoms with van der Waals surface area (Å²) in [5.41, 5.74) is 1.56. The Hall–Kier alpha value is -1.75. The van der Waals surface area contributed by atoms with Gasteiger partial charge in [-0.15, -0.1) is 11.3 Å². The van der Waals surface area contributed by atoms with E-state index < -0.39 is 0 Å². The molecule has 0 unspecified atom stereocenters. The van der Waals surface area contributed by atoms with Crippen molar-refractivity contribution >= 4 is 22.9 Å². The van der Waals surface area contributed by atoms with Crippen LogP contribution >= 0.6 is 11.3 Å². The number of nitrogens with zero attached hydrogens (tertiary/aromatic N) is 1. The van der Waals surface area contributed by atoms with Crippen molar-refractivity contribution in [2.45, 2.75) is 6.42 Å². The zero-order chi connectivity index (χ0) is 10.7. The fourth-order valence-electron chi connectivity index (χ4n) is 1.11. The lowest BCUT2D eigenvalue weighted by Crippen LogP contribution is -2.06. The van der Waals surface area contributed by atoms with E-state index in [0.717, 1.165) is 0 Å². The summed E-state index contributed by atoms with van der Waals surface area (Å²) >= 11 is 1.23. The Morgan fingerprint density at radius 2 is 2.27 bits per heavy atom. The van der Waals surface area contributed by atoms with Crippen molar-refractivity contribution in [3.8, 4) is 0 Å². The number of ketones is 2. The van der Waals surface area contributed by atoms with Gasteiger partial charge in [-0.1, -0.05) is 0 Å². The standard InChI is InChI=1S/C10H7NO3S/c12-7(9-2-1-3-14-9)4-8(13)10-5-11-6-15-10/h1-3,5-6H,4H2. The zero-order valence-electron chi connectivity index (χ0n) is 7.67. The summed E-state index contributed by atoms with van der Waals surface area (Å²) < 4.78 is 4.90. The van der Waals surface area contributed by atoms with E-state index in [1.54, 1.807) is 17.6 Å². The molecule has 0 N–H and O–H groups in total. The van der Waals surface area contributed by atoms with Crippen molar-refractivity contribution in [2.24, 2.45) is 0 Å². The van der Waals surface area contributed by atoms with Crippen molar-refractivity contribution in [1.29, 1.82) is 0 Å². The molecule has 0 spiro atoms. The molecule has 0 aliphatic rings. The van der Waals surface area contributed by atoms with Gasteiger partial charge in [-0.3, -0.25) is 14.6 Å². The first-order valence-electron chi connectivity index (χ1n) is 4.26. The summed E-state index contributed by atoms with van der Waals surface area (Å²) in [6.07, 6.45) is 2.70. The predicted molar refractivity (Wildman–Crippen MR) is 54.1 cm³/mol. The number of carbonyl (C=O) groups excluding carboxylic acids is 2. The lowest BCUT2D eigenvalue weighted by Gasteiger charge is -1.94. The molecule has 0 saturated heterocycles. The van der Waals surface area contributed by atoms with Crippen molar-refractivity contribution in [1.82, 2.24) is 4.98 Å². The maximum absolute atomic E-state index is 11.5. The number of aromatic nitrogens is 1. The van der Waals surface area contributed by atoms with Crippen LogP contribution in [-0.4, -0.2) is 16.6 Å². The molecule has 0 saturated carbocycles. The van der Waals surface area contributed by atoms with Gasteiger partial charge in [-0.05, 0) is 12.1 Å². The fourth-order valence-corrected chi connectivity index (χ4v) is 1.67. The largest absolute Gasteiger partial charge is 0.461 e. The first-order chi connectivity index (χ1) is 7.27. The highest BCUT2D eigenvalue weighted by Gasteiger charge is 2.16. The van der Waals surface area contributed by atoms with Crippen LogP contribution in [0.4, 0.5) is 0 Å². The maximum Gasteiger partial charge on any atom is 0.205 e. The van der Waals surface area contributed by atoms with Crippen LogP contribution in [0.2, 0.25) is 0 Å². The first kappa shape index (κ1) is 9.79. The average Bonchev–Trinajstić information content (AvgIpc) is 2.91. The normalized spacial score (nSPS) is 10.1. The van der Waals surface area contributed by atoms with E-state index in [-0.39, 0.29) is 23.7 Å². The maximum atomic E-state index is 11.5. The number of thiazole rings is 1. The molecule has 0 aliphatic carbocycles. The molecule has 0 aliphatic heterocycles. The van der Waals surface area contributed by atoms with Crippen molar-refractivity contribution in [2.75, 3.05) is 0 Å². The molecule has 76 valence electrons. The van der Waals surface area contributed by atoms with Gasteiger partial charge < -0.3 is 4.42 Å². The molecular weight excluding hydrogens is 214 g/mol. The Balaban J connectivity index is 2.04. The van der Waals surface area contributed by atoms with Crippen LogP contribution in [0, 0.1) is 0 Å². The third-order valence-electron chi connectivity index (χ3n) is 1.82. The summed E-state index contributed by atoms with van der Waals surface area (Å²) in [5.74, 6) is -0.315. The number of furan rings is 1. The monoisotopic (exact) mass is 221 g/mol. The van der Waals surface area contributed by atoms with Gasteiger partial charge in [0, 0.05) is 6.20 Å². The van der Waals surface area contributed by atoms with Crippen molar-refractivity contribution < 1.29 is 14.0 Å². The van der Waals surface area contributed by atoms with Gasteiger partial charge in [-0.2, -0.15) is 0 Å². The molecule has 5 heteroatoms. The molecule has 2 rings (SSSR count). The van der Waals surface area contributed by atoms with Gasteiger partial charge in [0.2, 0.25) is 5.78 Å². The third kappa shape index (κ3) is 2.19. The summed E-state index contributed by atoms with van der Waals surface area (Å²) in [4.78, 5) is 27.3. The molecule has 2 aromatic heterocycles. The Labute approximate surface area is 89.6 Å². The van der Waals surface area contributed by atoms with Gasteiger partial charge >= 0.3 is 0 Å². The molecule has 0 bridgehead atoms. The SMILES string of the molecule is O=C(CC(=O)c1cncs1)c1ccco1. The summed E-state index contributed by atoms with van der Waals surface area (Å²) in [6, 6.07) is 3.16. The van der Waals surface area contributed by atoms with E-state index in [0.29, 0.717) is 4.88 Å². The van der Waals surface area contributed by atoms with Gasteiger partial charge in [0.15, 0.2) is 11.5 Å². The number of hydrogen-bond donors (Lipinski definition) is 0. The number of hydrogen-bond acceptors (Lipinski definition) is 5.